The van der Waals surface area contributed by atoms with Crippen molar-refractivity contribution in [1.82, 2.24) is 0 Å². The van der Waals surface area contributed by atoms with Crippen LogP contribution in [0, 0.1) is 5.92 Å². The van der Waals surface area contributed by atoms with Crippen LogP contribution < -0.4 is 5.32 Å². The van der Waals surface area contributed by atoms with Gasteiger partial charge in [-0.1, -0.05) is 52.0 Å². The fourth-order valence-electron chi connectivity index (χ4n) is 2.47. The number of carbonyl (C=O) groups is 2. The lowest BCUT2D eigenvalue weighted by Gasteiger charge is -2.09. The van der Waals surface area contributed by atoms with Crippen molar-refractivity contribution in [2.45, 2.75) is 40.0 Å². The van der Waals surface area contributed by atoms with Gasteiger partial charge < -0.3 is 10.4 Å². The van der Waals surface area contributed by atoms with Crippen LogP contribution in [-0.2, 0) is 4.79 Å². The minimum atomic E-state index is -1.03. The van der Waals surface area contributed by atoms with Crippen molar-refractivity contribution in [3.05, 3.63) is 40.8 Å². The third kappa shape index (κ3) is 4.23. The number of benzene rings is 1. The highest BCUT2D eigenvalue weighted by Gasteiger charge is 2.21. The van der Waals surface area contributed by atoms with Crippen molar-refractivity contribution in [3.8, 4) is 11.1 Å². The molecule has 24 heavy (non-hydrogen) atoms. The molecule has 2 aromatic rings. The second kappa shape index (κ2) is 7.62. The number of hydrogen-bond donors (Lipinski definition) is 2. The van der Waals surface area contributed by atoms with Gasteiger partial charge in [-0.05, 0) is 23.0 Å². The molecule has 0 fully saturated rings. The Hall–Kier alpha value is -2.14. The maximum Gasteiger partial charge on any atom is 0.339 e. The van der Waals surface area contributed by atoms with Crippen molar-refractivity contribution in [1.29, 1.82) is 0 Å². The van der Waals surface area contributed by atoms with Crippen LogP contribution in [0.1, 0.15) is 56.0 Å². The monoisotopic (exact) mass is 345 g/mol. The summed E-state index contributed by atoms with van der Waals surface area (Å²) in [5.41, 5.74) is 2.85. The van der Waals surface area contributed by atoms with Gasteiger partial charge >= 0.3 is 5.97 Å². The largest absolute Gasteiger partial charge is 0.478 e. The molecule has 0 spiro atoms. The van der Waals surface area contributed by atoms with Gasteiger partial charge in [0.1, 0.15) is 10.6 Å². The number of nitrogens with one attached hydrogen (secondary N) is 1. The summed E-state index contributed by atoms with van der Waals surface area (Å²) in [4.78, 5) is 23.7. The smallest absolute Gasteiger partial charge is 0.339 e. The fourth-order valence-corrected chi connectivity index (χ4v) is 3.45. The van der Waals surface area contributed by atoms with Crippen LogP contribution in [0.4, 0.5) is 5.00 Å². The fraction of sp³-hybridized carbons (Fsp3) is 0.368. The first-order valence-electron chi connectivity index (χ1n) is 8.04. The Morgan fingerprint density at radius 2 is 1.75 bits per heavy atom. The van der Waals surface area contributed by atoms with E-state index in [1.807, 2.05) is 38.1 Å². The Kier molecular flexibility index (Phi) is 5.78. The number of anilines is 1. The molecular weight excluding hydrogens is 322 g/mol. The molecule has 0 atom stereocenters. The molecule has 0 unspecified atom stereocenters. The molecule has 0 aliphatic carbocycles. The molecule has 2 rings (SSSR count). The molecule has 1 aromatic carbocycles. The van der Waals surface area contributed by atoms with Gasteiger partial charge in [-0.25, -0.2) is 4.79 Å². The average molecular weight is 345 g/mol. The Balaban J connectivity index is 2.34. The third-order valence-electron chi connectivity index (χ3n) is 3.74. The number of carboxylic acid groups (broad SMARTS) is 1. The van der Waals surface area contributed by atoms with Crippen molar-refractivity contribution < 1.29 is 14.7 Å². The van der Waals surface area contributed by atoms with Gasteiger partial charge in [0.25, 0.3) is 0 Å². The van der Waals surface area contributed by atoms with Crippen LogP contribution in [0.15, 0.2) is 29.6 Å². The van der Waals surface area contributed by atoms with Gasteiger partial charge in [-0.2, -0.15) is 0 Å². The van der Waals surface area contributed by atoms with E-state index in [0.717, 1.165) is 5.56 Å². The molecule has 4 nitrogen and oxygen atoms in total. The predicted octanol–water partition coefficient (Wildman–Crippen LogP) is 5.22. The summed E-state index contributed by atoms with van der Waals surface area (Å²) < 4.78 is 0. The number of amides is 1. The Morgan fingerprint density at radius 1 is 1.12 bits per heavy atom. The lowest BCUT2D eigenvalue weighted by atomic mass is 9.98. The average Bonchev–Trinajstić information content (AvgIpc) is 2.90. The van der Waals surface area contributed by atoms with E-state index in [0.29, 0.717) is 22.9 Å². The quantitative estimate of drug-likeness (QED) is 0.754. The van der Waals surface area contributed by atoms with E-state index in [1.54, 1.807) is 5.38 Å². The third-order valence-corrected chi connectivity index (χ3v) is 4.64. The number of aromatic carboxylic acids is 1. The SMILES string of the molecule is CC(C)CC(=O)Nc1scc(-c2ccc(C(C)C)cc2)c1C(=O)O. The van der Waals surface area contributed by atoms with Crippen molar-refractivity contribution in [3.63, 3.8) is 0 Å². The molecule has 5 heteroatoms. The first-order valence-corrected chi connectivity index (χ1v) is 8.92. The molecule has 0 bridgehead atoms. The maximum absolute atomic E-state index is 12.0. The zero-order valence-corrected chi connectivity index (χ0v) is 15.2. The molecule has 1 amide bonds. The summed E-state index contributed by atoms with van der Waals surface area (Å²) in [5.74, 6) is -0.539. The van der Waals surface area contributed by atoms with Gasteiger partial charge in [0.05, 0.1) is 0 Å². The summed E-state index contributed by atoms with van der Waals surface area (Å²) in [6.45, 7) is 8.14. The number of hydrogen-bond acceptors (Lipinski definition) is 3. The van der Waals surface area contributed by atoms with E-state index >= 15 is 0 Å². The zero-order valence-electron chi connectivity index (χ0n) is 14.4. The predicted molar refractivity (Wildman–Crippen MR) is 98.9 cm³/mol. The Labute approximate surface area is 146 Å². The van der Waals surface area contributed by atoms with E-state index in [-0.39, 0.29) is 17.4 Å². The van der Waals surface area contributed by atoms with Crippen LogP contribution in [0.3, 0.4) is 0 Å². The first kappa shape index (κ1) is 18.2. The number of rotatable bonds is 6. The van der Waals surface area contributed by atoms with Crippen molar-refractivity contribution in [2.75, 3.05) is 5.32 Å². The summed E-state index contributed by atoms with van der Waals surface area (Å²) in [7, 11) is 0. The summed E-state index contributed by atoms with van der Waals surface area (Å²) >= 11 is 1.25. The van der Waals surface area contributed by atoms with Gasteiger partial charge in [0.15, 0.2) is 0 Å². The van der Waals surface area contributed by atoms with E-state index in [4.69, 9.17) is 0 Å². The number of carbonyl (C=O) groups excluding carboxylic acids is 1. The number of carboxylic acids is 1. The highest BCUT2D eigenvalue weighted by atomic mass is 32.1. The Morgan fingerprint density at radius 3 is 2.25 bits per heavy atom. The van der Waals surface area contributed by atoms with Gasteiger partial charge in [0, 0.05) is 17.4 Å². The second-order valence-electron chi connectivity index (χ2n) is 6.58. The minimum absolute atomic E-state index is 0.156. The topological polar surface area (TPSA) is 66.4 Å². The van der Waals surface area contributed by atoms with Crippen LogP contribution in [0.2, 0.25) is 0 Å². The molecule has 0 radical (unpaired) electrons. The highest BCUT2D eigenvalue weighted by Crippen LogP contribution is 2.36. The van der Waals surface area contributed by atoms with Gasteiger partial charge in [0.2, 0.25) is 5.91 Å². The van der Waals surface area contributed by atoms with E-state index in [1.165, 1.54) is 16.9 Å². The Bertz CT molecular complexity index is 730. The zero-order chi connectivity index (χ0) is 17.9. The molecular formula is C19H23NO3S. The lowest BCUT2D eigenvalue weighted by Crippen LogP contribution is -2.15. The van der Waals surface area contributed by atoms with Gasteiger partial charge in [-0.15, -0.1) is 11.3 Å². The van der Waals surface area contributed by atoms with Crippen LogP contribution in [-0.4, -0.2) is 17.0 Å². The van der Waals surface area contributed by atoms with Crippen LogP contribution >= 0.6 is 11.3 Å². The molecule has 0 saturated carbocycles. The summed E-state index contributed by atoms with van der Waals surface area (Å²) in [6.07, 6.45) is 0.370. The molecule has 0 aliphatic rings. The van der Waals surface area contributed by atoms with E-state index in [9.17, 15) is 14.7 Å². The molecule has 1 heterocycles. The number of thiophene rings is 1. The highest BCUT2D eigenvalue weighted by molar-refractivity contribution is 7.15. The van der Waals surface area contributed by atoms with Gasteiger partial charge in [-0.3, -0.25) is 4.79 Å². The molecule has 0 aliphatic heterocycles. The molecule has 128 valence electrons. The second-order valence-corrected chi connectivity index (χ2v) is 7.46. The lowest BCUT2D eigenvalue weighted by molar-refractivity contribution is -0.116. The summed E-state index contributed by atoms with van der Waals surface area (Å²) in [6, 6.07) is 7.90. The minimum Gasteiger partial charge on any atom is -0.478 e. The molecule has 0 saturated heterocycles. The van der Waals surface area contributed by atoms with Crippen molar-refractivity contribution >= 4 is 28.2 Å². The molecule has 1 aromatic heterocycles. The van der Waals surface area contributed by atoms with Crippen LogP contribution in [0.5, 0.6) is 0 Å². The summed E-state index contributed by atoms with van der Waals surface area (Å²) in [5, 5.41) is 14.5. The first-order chi connectivity index (χ1) is 11.3. The standard InChI is InChI=1S/C19H23NO3S/c1-11(2)9-16(21)20-18-17(19(22)23)15(10-24-18)14-7-5-13(6-8-14)12(3)4/h5-8,10-12H,9H2,1-4H3,(H,20,21)(H,22,23). The molecule has 2 N–H and O–H groups in total. The van der Waals surface area contributed by atoms with Crippen molar-refractivity contribution in [2.24, 2.45) is 5.92 Å². The maximum atomic E-state index is 12.0. The van der Waals surface area contributed by atoms with Crippen LogP contribution in [0.25, 0.3) is 11.1 Å². The van der Waals surface area contributed by atoms with E-state index < -0.39 is 5.97 Å². The normalized spacial score (nSPS) is 11.1. The van der Waals surface area contributed by atoms with E-state index in [2.05, 4.69) is 19.2 Å².